The van der Waals surface area contributed by atoms with Gasteiger partial charge in [0.2, 0.25) is 5.09 Å². The Labute approximate surface area is 138 Å². The van der Waals surface area contributed by atoms with Gasteiger partial charge in [-0.2, -0.15) is 5.10 Å². The van der Waals surface area contributed by atoms with E-state index in [1.165, 1.54) is 6.07 Å². The lowest BCUT2D eigenvalue weighted by Gasteiger charge is -2.08. The number of carbonyl (C=O) groups is 1. The van der Waals surface area contributed by atoms with Gasteiger partial charge in [0, 0.05) is 0 Å². The number of nitrogens with one attached hydrogen (secondary N) is 1. The van der Waals surface area contributed by atoms with Crippen LogP contribution in [0.2, 0.25) is 0 Å². The van der Waals surface area contributed by atoms with Crippen LogP contribution in [0.15, 0.2) is 44.9 Å². The summed E-state index contributed by atoms with van der Waals surface area (Å²) < 4.78 is 42.3. The van der Waals surface area contributed by atoms with Crippen molar-refractivity contribution in [2.45, 2.75) is 18.9 Å². The van der Waals surface area contributed by atoms with E-state index in [1.54, 1.807) is 6.07 Å². The zero-order valence-corrected chi connectivity index (χ0v) is 13.8. The van der Waals surface area contributed by atoms with Crippen molar-refractivity contribution < 1.29 is 26.9 Å². The van der Waals surface area contributed by atoms with Gasteiger partial charge < -0.3 is 13.7 Å². The summed E-state index contributed by atoms with van der Waals surface area (Å²) in [5.41, 5.74) is 4.20. The summed E-state index contributed by atoms with van der Waals surface area (Å²) in [6.45, 7) is 3.59. The van der Waals surface area contributed by atoms with Crippen LogP contribution >= 0.6 is 0 Å². The monoisotopic (exact) mass is 351 g/mol. The second-order valence-corrected chi connectivity index (χ2v) is 6.27. The van der Waals surface area contributed by atoms with Gasteiger partial charge in [-0.05, 0) is 37.6 Å². The fourth-order valence-electron chi connectivity index (χ4n) is 1.84. The SMILES string of the molecule is Cc1ccc(OCC(=O)NN=Cc2ccc(S(=O)(=O)[O-])o2)c(C)c1. The molecule has 0 atom stereocenters. The molecule has 0 aliphatic heterocycles. The Bertz CT molecular complexity index is 870. The molecule has 24 heavy (non-hydrogen) atoms. The van der Waals surface area contributed by atoms with E-state index in [4.69, 9.17) is 9.15 Å². The number of aryl methyl sites for hydroxylation is 2. The minimum Gasteiger partial charge on any atom is -0.742 e. The Morgan fingerprint density at radius 3 is 2.71 bits per heavy atom. The lowest BCUT2D eigenvalue weighted by molar-refractivity contribution is -0.123. The quantitative estimate of drug-likeness (QED) is 0.476. The number of furan rings is 1. The highest BCUT2D eigenvalue weighted by Crippen LogP contribution is 2.18. The zero-order valence-electron chi connectivity index (χ0n) is 13.0. The van der Waals surface area contributed by atoms with E-state index in [1.807, 2.05) is 26.0 Å². The molecule has 1 aromatic carbocycles. The van der Waals surface area contributed by atoms with Crippen molar-refractivity contribution in [1.82, 2.24) is 5.43 Å². The second kappa shape index (κ2) is 7.28. The van der Waals surface area contributed by atoms with E-state index < -0.39 is 21.1 Å². The van der Waals surface area contributed by atoms with E-state index in [0.29, 0.717) is 5.75 Å². The van der Waals surface area contributed by atoms with Crippen molar-refractivity contribution in [2.24, 2.45) is 5.10 Å². The lowest BCUT2D eigenvalue weighted by atomic mass is 10.1. The number of amides is 1. The van der Waals surface area contributed by atoms with Crippen molar-refractivity contribution >= 4 is 22.2 Å². The van der Waals surface area contributed by atoms with Crippen LogP contribution in [0.1, 0.15) is 16.9 Å². The summed E-state index contributed by atoms with van der Waals surface area (Å²) in [7, 11) is -4.66. The molecular weight excluding hydrogens is 336 g/mol. The summed E-state index contributed by atoms with van der Waals surface area (Å²) in [6, 6.07) is 7.83. The molecule has 2 rings (SSSR count). The van der Waals surface area contributed by atoms with Crippen molar-refractivity contribution in [3.63, 3.8) is 0 Å². The van der Waals surface area contributed by atoms with Gasteiger partial charge in [0.05, 0.1) is 6.21 Å². The predicted octanol–water partition coefficient (Wildman–Crippen LogP) is 1.33. The molecule has 2 aromatic rings. The normalized spacial score (nSPS) is 11.6. The highest BCUT2D eigenvalue weighted by atomic mass is 32.2. The second-order valence-electron chi connectivity index (χ2n) is 4.96. The van der Waals surface area contributed by atoms with Crippen LogP contribution in [0.25, 0.3) is 0 Å². The van der Waals surface area contributed by atoms with Crippen LogP contribution in [-0.4, -0.2) is 31.7 Å². The molecular formula is C15H15N2O6S-. The standard InChI is InChI=1S/C15H16N2O6S/c1-10-3-5-13(11(2)7-10)22-9-14(18)17-16-8-12-4-6-15(23-12)24(19,20)21/h3-8H,9H2,1-2H3,(H,17,18)(H,19,20,21)/p-1. The Morgan fingerprint density at radius 1 is 1.33 bits per heavy atom. The first-order chi connectivity index (χ1) is 11.3. The first-order valence-electron chi connectivity index (χ1n) is 6.83. The molecule has 1 amide bonds. The molecule has 0 radical (unpaired) electrons. The molecule has 0 bridgehead atoms. The average molecular weight is 351 g/mol. The van der Waals surface area contributed by atoms with Crippen LogP contribution < -0.4 is 10.2 Å². The lowest BCUT2D eigenvalue weighted by Crippen LogP contribution is -2.24. The first-order valence-corrected chi connectivity index (χ1v) is 8.24. The maximum absolute atomic E-state index is 11.6. The van der Waals surface area contributed by atoms with Crippen LogP contribution in [0.5, 0.6) is 5.75 Å². The molecule has 128 valence electrons. The van der Waals surface area contributed by atoms with Gasteiger partial charge in [-0.15, -0.1) is 0 Å². The third-order valence-electron chi connectivity index (χ3n) is 2.92. The Hall–Kier alpha value is -2.65. The number of hydrogen-bond acceptors (Lipinski definition) is 7. The fourth-order valence-corrected chi connectivity index (χ4v) is 2.28. The molecule has 0 aliphatic carbocycles. The van der Waals surface area contributed by atoms with Gasteiger partial charge in [-0.3, -0.25) is 4.79 Å². The maximum Gasteiger partial charge on any atom is 0.277 e. The number of rotatable bonds is 6. The minimum atomic E-state index is -4.66. The third-order valence-corrected chi connectivity index (χ3v) is 3.63. The summed E-state index contributed by atoms with van der Waals surface area (Å²) in [5.74, 6) is 0.102. The molecule has 1 N–H and O–H groups in total. The molecule has 0 spiro atoms. The summed E-state index contributed by atoms with van der Waals surface area (Å²) in [4.78, 5) is 11.6. The van der Waals surface area contributed by atoms with Crippen molar-refractivity contribution in [3.8, 4) is 5.75 Å². The molecule has 0 saturated heterocycles. The van der Waals surface area contributed by atoms with Gasteiger partial charge in [0.1, 0.15) is 11.5 Å². The van der Waals surface area contributed by atoms with Crippen LogP contribution in [0.4, 0.5) is 0 Å². The average Bonchev–Trinajstić information content (AvgIpc) is 2.95. The smallest absolute Gasteiger partial charge is 0.277 e. The molecule has 0 fully saturated rings. The summed E-state index contributed by atoms with van der Waals surface area (Å²) >= 11 is 0. The zero-order chi connectivity index (χ0) is 17.7. The number of hydrogen-bond donors (Lipinski definition) is 1. The number of hydrazone groups is 1. The molecule has 0 aliphatic rings. The number of nitrogens with zero attached hydrogens (tertiary/aromatic N) is 1. The summed E-state index contributed by atoms with van der Waals surface area (Å²) in [6.07, 6.45) is 1.07. The largest absolute Gasteiger partial charge is 0.742 e. The Balaban J connectivity index is 1.85. The third kappa shape index (κ3) is 4.93. The molecule has 8 nitrogen and oxygen atoms in total. The topological polar surface area (TPSA) is 121 Å². The molecule has 1 aromatic heterocycles. The van der Waals surface area contributed by atoms with Gasteiger partial charge >= 0.3 is 0 Å². The number of ether oxygens (including phenoxy) is 1. The minimum absolute atomic E-state index is 0.0139. The van der Waals surface area contributed by atoms with Crippen molar-refractivity contribution in [2.75, 3.05) is 6.61 Å². The van der Waals surface area contributed by atoms with Gasteiger partial charge in [-0.25, -0.2) is 13.8 Å². The van der Waals surface area contributed by atoms with E-state index in [2.05, 4.69) is 10.5 Å². The summed E-state index contributed by atoms with van der Waals surface area (Å²) in [5, 5.41) is 2.88. The maximum atomic E-state index is 11.6. The van der Waals surface area contributed by atoms with Crippen LogP contribution in [0.3, 0.4) is 0 Å². The highest BCUT2D eigenvalue weighted by molar-refractivity contribution is 7.85. The van der Waals surface area contributed by atoms with E-state index in [9.17, 15) is 17.8 Å². The van der Waals surface area contributed by atoms with Gasteiger partial charge in [0.15, 0.2) is 16.7 Å². The predicted molar refractivity (Wildman–Crippen MR) is 83.8 cm³/mol. The van der Waals surface area contributed by atoms with Crippen molar-refractivity contribution in [1.29, 1.82) is 0 Å². The fraction of sp³-hybridized carbons (Fsp3) is 0.200. The Morgan fingerprint density at radius 2 is 2.08 bits per heavy atom. The van der Waals surface area contributed by atoms with Crippen LogP contribution in [0, 0.1) is 13.8 Å². The molecule has 1 heterocycles. The van der Waals surface area contributed by atoms with E-state index in [-0.39, 0.29) is 12.4 Å². The van der Waals surface area contributed by atoms with Gasteiger partial charge in [-0.1, -0.05) is 17.7 Å². The van der Waals surface area contributed by atoms with Crippen LogP contribution in [-0.2, 0) is 14.9 Å². The number of carbonyl (C=O) groups excluding carboxylic acids is 1. The first kappa shape index (κ1) is 17.7. The van der Waals surface area contributed by atoms with E-state index in [0.717, 1.165) is 23.4 Å². The van der Waals surface area contributed by atoms with E-state index >= 15 is 0 Å². The molecule has 9 heteroatoms. The highest BCUT2D eigenvalue weighted by Gasteiger charge is 2.07. The molecule has 0 saturated carbocycles. The number of benzene rings is 1. The van der Waals surface area contributed by atoms with Gasteiger partial charge in [0.25, 0.3) is 5.91 Å². The van der Waals surface area contributed by atoms with Crippen molar-refractivity contribution in [3.05, 3.63) is 47.2 Å². The Kier molecular flexibility index (Phi) is 5.37. The molecule has 0 unspecified atom stereocenters.